The lowest BCUT2D eigenvalue weighted by Gasteiger charge is -2.21. The van der Waals surface area contributed by atoms with Crippen molar-refractivity contribution in [3.8, 4) is 23.0 Å². The maximum Gasteiger partial charge on any atom is 0.329 e. The molecular formula is C21H26N2O8. The van der Waals surface area contributed by atoms with Crippen molar-refractivity contribution in [2.75, 3.05) is 57.7 Å². The number of benzene rings is 2. The number of nitrogen functional groups attached to an aromatic ring is 2. The molecule has 10 heteroatoms. The zero-order valence-electron chi connectivity index (χ0n) is 17.0. The molecule has 0 saturated carbocycles. The minimum absolute atomic E-state index is 0.00869. The van der Waals surface area contributed by atoms with Crippen LogP contribution in [0.3, 0.4) is 0 Å². The molecule has 0 aliphatic carbocycles. The van der Waals surface area contributed by atoms with E-state index in [0.717, 1.165) is 0 Å². The Kier molecular flexibility index (Phi) is 8.02. The van der Waals surface area contributed by atoms with Gasteiger partial charge in [0.25, 0.3) is 0 Å². The first-order valence-corrected chi connectivity index (χ1v) is 9.72. The Morgan fingerprint density at radius 1 is 0.839 bits per heavy atom. The van der Waals surface area contributed by atoms with Crippen LogP contribution in [-0.4, -0.2) is 63.4 Å². The number of ether oxygens (including phenoxy) is 6. The second kappa shape index (κ2) is 11.1. The molecule has 0 saturated heterocycles. The van der Waals surface area contributed by atoms with Crippen LogP contribution in [0.4, 0.5) is 11.4 Å². The number of rotatable bonds is 3. The van der Waals surface area contributed by atoms with Gasteiger partial charge in [0.05, 0.1) is 13.2 Å². The van der Waals surface area contributed by atoms with Gasteiger partial charge in [0.15, 0.2) is 23.0 Å². The molecule has 10 nitrogen and oxygen atoms in total. The van der Waals surface area contributed by atoms with E-state index in [9.17, 15) is 4.79 Å². The molecule has 5 N–H and O–H groups in total. The number of fused-ring (bicyclic) bond motifs is 2. The highest BCUT2D eigenvalue weighted by Gasteiger charge is 2.17. The van der Waals surface area contributed by atoms with Crippen LogP contribution in [0.5, 0.6) is 23.0 Å². The summed E-state index contributed by atoms with van der Waals surface area (Å²) >= 11 is 0. The van der Waals surface area contributed by atoms with Gasteiger partial charge in [-0.15, -0.1) is 0 Å². The van der Waals surface area contributed by atoms with E-state index in [2.05, 4.69) is 0 Å². The lowest BCUT2D eigenvalue weighted by Crippen LogP contribution is -2.31. The number of carboxylic acids is 1. The van der Waals surface area contributed by atoms with Crippen molar-refractivity contribution in [3.63, 3.8) is 0 Å². The standard InChI is InChI=1S/C21H26N2O8/c22-14-2-4-18-19(9-14)28-8-6-26-5-7-27-17-3-1-15(23)10-20(17)31-12-16(11-30-18)29-13-21(24)25/h1-4,9-10,16H,5-8,11-13,22-23H2,(H,24,25). The molecule has 0 amide bonds. The van der Waals surface area contributed by atoms with Crippen molar-refractivity contribution < 1.29 is 38.3 Å². The van der Waals surface area contributed by atoms with Gasteiger partial charge in [0.2, 0.25) is 0 Å². The van der Waals surface area contributed by atoms with Crippen LogP contribution in [0.15, 0.2) is 36.4 Å². The fraction of sp³-hybridized carbons (Fsp3) is 0.381. The minimum atomic E-state index is -1.10. The van der Waals surface area contributed by atoms with Crippen LogP contribution in [0.2, 0.25) is 0 Å². The highest BCUT2D eigenvalue weighted by molar-refractivity contribution is 5.68. The molecule has 3 rings (SSSR count). The molecule has 0 fully saturated rings. The number of carboxylic acid groups (broad SMARTS) is 1. The molecule has 1 aliphatic rings. The summed E-state index contributed by atoms with van der Waals surface area (Å²) in [6.45, 7) is 0.795. The molecule has 1 heterocycles. The number of anilines is 2. The second-order valence-electron chi connectivity index (χ2n) is 6.67. The van der Waals surface area contributed by atoms with Crippen LogP contribution in [0.1, 0.15) is 0 Å². The molecule has 1 aliphatic heterocycles. The lowest BCUT2D eigenvalue weighted by molar-refractivity contribution is -0.145. The van der Waals surface area contributed by atoms with E-state index in [-0.39, 0.29) is 19.8 Å². The summed E-state index contributed by atoms with van der Waals surface area (Å²) in [4.78, 5) is 11.0. The van der Waals surface area contributed by atoms with Crippen molar-refractivity contribution in [1.82, 2.24) is 0 Å². The third-order valence-electron chi connectivity index (χ3n) is 4.20. The van der Waals surface area contributed by atoms with Crippen LogP contribution in [-0.2, 0) is 14.3 Å². The van der Waals surface area contributed by atoms with E-state index < -0.39 is 18.7 Å². The Hall–Kier alpha value is -3.37. The van der Waals surface area contributed by atoms with Crippen LogP contribution >= 0.6 is 0 Å². The monoisotopic (exact) mass is 434 g/mol. The molecule has 0 aromatic heterocycles. The van der Waals surface area contributed by atoms with Gasteiger partial charge in [-0.2, -0.15) is 0 Å². The smallest absolute Gasteiger partial charge is 0.329 e. The van der Waals surface area contributed by atoms with Crippen LogP contribution < -0.4 is 30.4 Å². The predicted molar refractivity (Wildman–Crippen MR) is 112 cm³/mol. The van der Waals surface area contributed by atoms with Crippen molar-refractivity contribution in [2.24, 2.45) is 0 Å². The van der Waals surface area contributed by atoms with E-state index in [0.29, 0.717) is 54.2 Å². The number of nitrogens with two attached hydrogens (primary N) is 2. The summed E-state index contributed by atoms with van der Waals surface area (Å²) in [7, 11) is 0. The van der Waals surface area contributed by atoms with Gasteiger partial charge in [0, 0.05) is 23.5 Å². The summed E-state index contributed by atoms with van der Waals surface area (Å²) in [5.41, 5.74) is 12.7. The molecule has 0 bridgehead atoms. The first-order valence-electron chi connectivity index (χ1n) is 9.72. The van der Waals surface area contributed by atoms with E-state index in [1.165, 1.54) is 0 Å². The summed E-state index contributed by atoms with van der Waals surface area (Å²) in [6.07, 6.45) is -0.688. The molecule has 2 aromatic rings. The van der Waals surface area contributed by atoms with Gasteiger partial charge in [-0.1, -0.05) is 0 Å². The summed E-state index contributed by atoms with van der Waals surface area (Å²) in [5.74, 6) is 0.685. The molecule has 0 spiro atoms. The van der Waals surface area contributed by atoms with Crippen molar-refractivity contribution >= 4 is 17.3 Å². The van der Waals surface area contributed by atoms with Crippen molar-refractivity contribution in [3.05, 3.63) is 36.4 Å². The summed E-state index contributed by atoms with van der Waals surface area (Å²) in [6, 6.07) is 10.0. The first-order chi connectivity index (χ1) is 15.0. The maximum atomic E-state index is 11.0. The highest BCUT2D eigenvalue weighted by Crippen LogP contribution is 2.31. The van der Waals surface area contributed by atoms with Gasteiger partial charge in [0.1, 0.15) is 39.1 Å². The van der Waals surface area contributed by atoms with Crippen LogP contribution in [0, 0.1) is 0 Å². The molecule has 31 heavy (non-hydrogen) atoms. The van der Waals surface area contributed by atoms with Gasteiger partial charge >= 0.3 is 5.97 Å². The van der Waals surface area contributed by atoms with Crippen LogP contribution in [0.25, 0.3) is 0 Å². The summed E-state index contributed by atoms with van der Waals surface area (Å²) in [5, 5.41) is 8.97. The zero-order chi connectivity index (χ0) is 22.1. The fourth-order valence-electron chi connectivity index (χ4n) is 2.74. The minimum Gasteiger partial charge on any atom is -0.487 e. The number of hydrogen-bond donors (Lipinski definition) is 3. The Morgan fingerprint density at radius 3 is 1.97 bits per heavy atom. The quantitative estimate of drug-likeness (QED) is 0.609. The van der Waals surface area contributed by atoms with Gasteiger partial charge < -0.3 is 45.0 Å². The number of hydrogen-bond acceptors (Lipinski definition) is 9. The zero-order valence-corrected chi connectivity index (χ0v) is 17.0. The lowest BCUT2D eigenvalue weighted by atomic mass is 10.2. The second-order valence-corrected chi connectivity index (χ2v) is 6.67. The van der Waals surface area contributed by atoms with Gasteiger partial charge in [-0.3, -0.25) is 0 Å². The van der Waals surface area contributed by atoms with Gasteiger partial charge in [-0.05, 0) is 24.3 Å². The number of carbonyl (C=O) groups is 1. The molecule has 2 aromatic carbocycles. The van der Waals surface area contributed by atoms with Gasteiger partial charge in [-0.25, -0.2) is 4.79 Å². The maximum absolute atomic E-state index is 11.0. The topological polar surface area (TPSA) is 145 Å². The first kappa shape index (κ1) is 22.3. The third-order valence-corrected chi connectivity index (χ3v) is 4.20. The Bertz CT molecular complexity index is 876. The highest BCUT2D eigenvalue weighted by atomic mass is 16.6. The van der Waals surface area contributed by atoms with Crippen molar-refractivity contribution in [2.45, 2.75) is 6.10 Å². The van der Waals surface area contributed by atoms with E-state index >= 15 is 0 Å². The summed E-state index contributed by atoms with van der Waals surface area (Å²) < 4.78 is 34.0. The third kappa shape index (κ3) is 7.12. The normalized spacial score (nSPS) is 17.6. The molecule has 1 atom stereocenters. The Morgan fingerprint density at radius 2 is 1.35 bits per heavy atom. The largest absolute Gasteiger partial charge is 0.487 e. The predicted octanol–water partition coefficient (Wildman–Crippen LogP) is 1.57. The average Bonchev–Trinajstić information content (AvgIpc) is 2.73. The Labute approximate surface area is 179 Å². The van der Waals surface area contributed by atoms with E-state index in [1.54, 1.807) is 36.4 Å². The molecule has 168 valence electrons. The SMILES string of the molecule is Nc1ccc2c(c1)OCCOCCOc1ccc(N)cc1OCC(OCC(=O)O)CO2. The van der Waals surface area contributed by atoms with E-state index in [4.69, 9.17) is 45.0 Å². The Balaban J connectivity index is 1.79. The number of aliphatic carboxylic acids is 1. The van der Waals surface area contributed by atoms with E-state index in [1.807, 2.05) is 0 Å². The van der Waals surface area contributed by atoms with Crippen molar-refractivity contribution in [1.29, 1.82) is 0 Å². The molecule has 1 unspecified atom stereocenters. The average molecular weight is 434 g/mol. The molecule has 0 radical (unpaired) electrons. The molecular weight excluding hydrogens is 408 g/mol. The fourth-order valence-corrected chi connectivity index (χ4v) is 2.74.